The maximum atomic E-state index is 12.8. The minimum Gasteiger partial charge on any atom is -0.312 e. The standard InChI is InChI=1S/C14H17FN2O2S2/c1-3-16-9-13-8-14(10(2)20-13)21(18,19)17-12-6-4-11(15)5-7-12/h4-8,16-17H,3,9H2,1-2H3. The van der Waals surface area contributed by atoms with Gasteiger partial charge in [0, 0.05) is 22.0 Å². The van der Waals surface area contributed by atoms with Crippen LogP contribution in [0.15, 0.2) is 35.2 Å². The summed E-state index contributed by atoms with van der Waals surface area (Å²) in [5.41, 5.74) is 0.343. The molecule has 21 heavy (non-hydrogen) atoms. The third-order valence-corrected chi connectivity index (χ3v) is 5.55. The second-order valence-electron chi connectivity index (χ2n) is 4.53. The van der Waals surface area contributed by atoms with Crippen molar-refractivity contribution in [1.29, 1.82) is 0 Å². The third-order valence-electron chi connectivity index (χ3n) is 2.86. The quantitative estimate of drug-likeness (QED) is 0.856. The molecule has 0 aliphatic rings. The number of rotatable bonds is 6. The van der Waals surface area contributed by atoms with Gasteiger partial charge in [0.05, 0.1) is 0 Å². The summed E-state index contributed by atoms with van der Waals surface area (Å²) in [5.74, 6) is -0.405. The van der Waals surface area contributed by atoms with Crippen molar-refractivity contribution >= 4 is 27.0 Å². The van der Waals surface area contributed by atoms with E-state index in [1.807, 2.05) is 6.92 Å². The van der Waals surface area contributed by atoms with E-state index in [0.29, 0.717) is 12.2 Å². The number of nitrogens with one attached hydrogen (secondary N) is 2. The molecule has 0 bridgehead atoms. The molecule has 2 aromatic rings. The van der Waals surface area contributed by atoms with Crippen LogP contribution in [0.25, 0.3) is 0 Å². The fourth-order valence-corrected chi connectivity index (χ4v) is 4.52. The summed E-state index contributed by atoms with van der Waals surface area (Å²) >= 11 is 1.45. The Balaban J connectivity index is 2.22. The normalized spacial score (nSPS) is 11.6. The molecule has 4 nitrogen and oxygen atoms in total. The van der Waals surface area contributed by atoms with Gasteiger partial charge in [-0.15, -0.1) is 11.3 Å². The zero-order valence-electron chi connectivity index (χ0n) is 11.8. The SMILES string of the molecule is CCNCc1cc(S(=O)(=O)Nc2ccc(F)cc2)c(C)s1. The van der Waals surface area contributed by atoms with Crippen LogP contribution in [0, 0.1) is 12.7 Å². The van der Waals surface area contributed by atoms with Crippen molar-refractivity contribution in [1.82, 2.24) is 5.32 Å². The first kappa shape index (κ1) is 15.9. The number of hydrogen-bond donors (Lipinski definition) is 2. The van der Waals surface area contributed by atoms with E-state index >= 15 is 0 Å². The van der Waals surface area contributed by atoms with E-state index in [0.717, 1.165) is 16.3 Å². The molecule has 0 atom stereocenters. The summed E-state index contributed by atoms with van der Waals surface area (Å²) < 4.78 is 40.1. The number of anilines is 1. The molecule has 0 radical (unpaired) electrons. The fraction of sp³-hybridized carbons (Fsp3) is 0.286. The Hall–Kier alpha value is -1.44. The Bertz CT molecular complexity index is 709. The largest absolute Gasteiger partial charge is 0.312 e. The summed E-state index contributed by atoms with van der Waals surface area (Å²) in [7, 11) is -3.65. The zero-order valence-corrected chi connectivity index (χ0v) is 13.4. The van der Waals surface area contributed by atoms with Crippen molar-refractivity contribution < 1.29 is 12.8 Å². The van der Waals surface area contributed by atoms with Crippen LogP contribution in [0.5, 0.6) is 0 Å². The van der Waals surface area contributed by atoms with Crippen LogP contribution in [0.2, 0.25) is 0 Å². The first-order valence-corrected chi connectivity index (χ1v) is 8.80. The van der Waals surface area contributed by atoms with Gasteiger partial charge in [0.2, 0.25) is 0 Å². The van der Waals surface area contributed by atoms with Crippen LogP contribution >= 0.6 is 11.3 Å². The Morgan fingerprint density at radius 3 is 2.52 bits per heavy atom. The molecule has 2 rings (SSSR count). The van der Waals surface area contributed by atoms with Gasteiger partial charge in [0.15, 0.2) is 0 Å². The summed E-state index contributed by atoms with van der Waals surface area (Å²) in [5, 5.41) is 3.17. The number of hydrogen-bond acceptors (Lipinski definition) is 4. The van der Waals surface area contributed by atoms with Crippen molar-refractivity contribution in [3.05, 3.63) is 45.9 Å². The van der Waals surface area contributed by atoms with Gasteiger partial charge < -0.3 is 5.32 Å². The molecule has 0 fully saturated rings. The summed E-state index contributed by atoms with van der Waals surface area (Å²) in [6, 6.07) is 6.90. The molecule has 1 aromatic heterocycles. The second kappa shape index (κ2) is 6.55. The van der Waals surface area contributed by atoms with Crippen LogP contribution in [0.3, 0.4) is 0 Å². The van der Waals surface area contributed by atoms with Gasteiger partial charge in [0.1, 0.15) is 10.7 Å². The van der Waals surface area contributed by atoms with E-state index in [-0.39, 0.29) is 4.90 Å². The van der Waals surface area contributed by atoms with E-state index in [1.54, 1.807) is 13.0 Å². The van der Waals surface area contributed by atoms with Gasteiger partial charge >= 0.3 is 0 Å². The smallest absolute Gasteiger partial charge is 0.263 e. The highest BCUT2D eigenvalue weighted by Crippen LogP contribution is 2.27. The maximum absolute atomic E-state index is 12.8. The van der Waals surface area contributed by atoms with Crippen LogP contribution in [0.1, 0.15) is 16.7 Å². The highest BCUT2D eigenvalue weighted by molar-refractivity contribution is 7.93. The van der Waals surface area contributed by atoms with Crippen LogP contribution < -0.4 is 10.0 Å². The number of sulfonamides is 1. The molecule has 0 aliphatic heterocycles. The number of aryl methyl sites for hydroxylation is 1. The Labute approximate surface area is 128 Å². The summed E-state index contributed by atoms with van der Waals surface area (Å²) in [6.07, 6.45) is 0. The number of benzene rings is 1. The lowest BCUT2D eigenvalue weighted by Gasteiger charge is -2.07. The van der Waals surface area contributed by atoms with Crippen molar-refractivity contribution in [3.63, 3.8) is 0 Å². The number of thiophene rings is 1. The summed E-state index contributed by atoms with van der Waals surface area (Å²) in [4.78, 5) is 1.97. The third kappa shape index (κ3) is 4.03. The first-order valence-electron chi connectivity index (χ1n) is 6.51. The highest BCUT2D eigenvalue weighted by atomic mass is 32.2. The molecule has 114 valence electrons. The van der Waals surface area contributed by atoms with E-state index in [2.05, 4.69) is 10.0 Å². The van der Waals surface area contributed by atoms with Gasteiger partial charge in [-0.2, -0.15) is 0 Å². The molecule has 0 aliphatic carbocycles. The minimum atomic E-state index is -3.65. The zero-order chi connectivity index (χ0) is 15.5. The molecule has 0 spiro atoms. The van der Waals surface area contributed by atoms with E-state index in [4.69, 9.17) is 0 Å². The molecule has 1 heterocycles. The average molecular weight is 328 g/mol. The molecule has 0 saturated heterocycles. The van der Waals surface area contributed by atoms with E-state index in [1.165, 1.54) is 35.6 Å². The molecule has 1 aromatic carbocycles. The topological polar surface area (TPSA) is 58.2 Å². The highest BCUT2D eigenvalue weighted by Gasteiger charge is 2.20. The first-order chi connectivity index (χ1) is 9.92. The molecule has 0 unspecified atom stereocenters. The van der Waals surface area contributed by atoms with Crippen molar-refractivity contribution in [2.24, 2.45) is 0 Å². The molecular weight excluding hydrogens is 311 g/mol. The second-order valence-corrected chi connectivity index (χ2v) is 7.52. The lowest BCUT2D eigenvalue weighted by atomic mass is 10.3. The Kier molecular flexibility index (Phi) is 4.97. The fourth-order valence-electron chi connectivity index (χ4n) is 1.85. The van der Waals surface area contributed by atoms with Crippen molar-refractivity contribution in [2.45, 2.75) is 25.3 Å². The van der Waals surface area contributed by atoms with Gasteiger partial charge in [-0.25, -0.2) is 12.8 Å². The molecule has 7 heteroatoms. The Morgan fingerprint density at radius 1 is 1.24 bits per heavy atom. The average Bonchev–Trinajstić information content (AvgIpc) is 2.81. The van der Waals surface area contributed by atoms with Gasteiger partial charge in [-0.1, -0.05) is 6.92 Å². The molecular formula is C14H17FN2O2S2. The predicted octanol–water partition coefficient (Wildman–Crippen LogP) is 3.11. The van der Waals surface area contributed by atoms with Gasteiger partial charge in [-0.05, 0) is 43.8 Å². The van der Waals surface area contributed by atoms with Crippen molar-refractivity contribution in [2.75, 3.05) is 11.3 Å². The van der Waals surface area contributed by atoms with Crippen LogP contribution in [-0.2, 0) is 16.6 Å². The van der Waals surface area contributed by atoms with E-state index < -0.39 is 15.8 Å². The predicted molar refractivity (Wildman–Crippen MR) is 83.6 cm³/mol. The minimum absolute atomic E-state index is 0.268. The summed E-state index contributed by atoms with van der Waals surface area (Å²) in [6.45, 7) is 5.24. The molecule has 0 amide bonds. The van der Waals surface area contributed by atoms with Crippen molar-refractivity contribution in [3.8, 4) is 0 Å². The molecule has 0 saturated carbocycles. The van der Waals surface area contributed by atoms with Gasteiger partial charge in [0.25, 0.3) is 10.0 Å². The lowest BCUT2D eigenvalue weighted by Crippen LogP contribution is -2.13. The maximum Gasteiger partial charge on any atom is 0.263 e. The van der Waals surface area contributed by atoms with Crippen LogP contribution in [-0.4, -0.2) is 15.0 Å². The monoisotopic (exact) mass is 328 g/mol. The van der Waals surface area contributed by atoms with Gasteiger partial charge in [-0.3, -0.25) is 4.72 Å². The van der Waals surface area contributed by atoms with Crippen LogP contribution in [0.4, 0.5) is 10.1 Å². The molecule has 2 N–H and O–H groups in total. The number of halogens is 1. The van der Waals surface area contributed by atoms with E-state index in [9.17, 15) is 12.8 Å². The Morgan fingerprint density at radius 2 is 1.90 bits per heavy atom. The lowest BCUT2D eigenvalue weighted by molar-refractivity contribution is 0.600.